The lowest BCUT2D eigenvalue weighted by Crippen LogP contribution is -2.61. The van der Waals surface area contributed by atoms with E-state index in [0.29, 0.717) is 11.8 Å². The van der Waals surface area contributed by atoms with Gasteiger partial charge in [0.05, 0.1) is 0 Å². The van der Waals surface area contributed by atoms with E-state index in [4.69, 9.17) is 0 Å². The van der Waals surface area contributed by atoms with E-state index in [2.05, 4.69) is 37.9 Å². The Bertz CT molecular complexity index is 425. The first-order chi connectivity index (χ1) is 9.37. The number of piperazine rings is 1. The molecule has 1 aromatic carbocycles. The average molecular weight is 276 g/mol. The number of benzene rings is 1. The topological polar surface area (TPSA) is 35.5 Å². The highest BCUT2D eigenvalue weighted by molar-refractivity contribution is 5.26. The molecule has 1 saturated heterocycles. The molecule has 1 aliphatic rings. The highest BCUT2D eigenvalue weighted by Crippen LogP contribution is 2.24. The third-order valence-electron chi connectivity index (χ3n) is 4.19. The van der Waals surface area contributed by atoms with Crippen LogP contribution in [-0.4, -0.2) is 34.7 Å². The zero-order chi connectivity index (χ0) is 14.8. The average Bonchev–Trinajstić information content (AvgIpc) is 2.36. The summed E-state index contributed by atoms with van der Waals surface area (Å²) < 4.78 is 0. The molecular formula is C17H28N2O. The molecule has 112 valence electrons. The molecule has 3 heteroatoms. The Morgan fingerprint density at radius 2 is 1.95 bits per heavy atom. The molecule has 2 rings (SSSR count). The number of nitrogens with one attached hydrogen (secondary N) is 1. The van der Waals surface area contributed by atoms with E-state index in [1.165, 1.54) is 12.0 Å². The van der Waals surface area contributed by atoms with Crippen LogP contribution in [0.25, 0.3) is 0 Å². The molecule has 1 atom stereocenters. The van der Waals surface area contributed by atoms with Gasteiger partial charge in [0.1, 0.15) is 5.75 Å². The highest BCUT2D eigenvalue weighted by atomic mass is 16.3. The molecule has 0 aliphatic carbocycles. The number of nitrogens with zero attached hydrogens (tertiary/aromatic N) is 1. The van der Waals surface area contributed by atoms with Crippen molar-refractivity contribution in [3.8, 4) is 5.75 Å². The molecule has 0 spiro atoms. The Hall–Kier alpha value is -1.06. The first-order valence-electron chi connectivity index (χ1n) is 7.63. The summed E-state index contributed by atoms with van der Waals surface area (Å²) in [7, 11) is 0. The number of phenolic OH excluding ortho intramolecular Hbond substituents is 1. The second-order valence-electron chi connectivity index (χ2n) is 7.07. The predicted octanol–water partition coefficient (Wildman–Crippen LogP) is 2.99. The standard InChI is InChI=1S/C17H28N2O/c1-13(2)9-15-11-19(17(3,4)12-18-15)10-14-5-7-16(20)8-6-14/h5-8,13,15,18,20H,9-12H2,1-4H3. The van der Waals surface area contributed by atoms with E-state index in [-0.39, 0.29) is 5.54 Å². The van der Waals surface area contributed by atoms with Gasteiger partial charge in [0.25, 0.3) is 0 Å². The third kappa shape index (κ3) is 3.97. The molecule has 1 unspecified atom stereocenters. The lowest BCUT2D eigenvalue weighted by Gasteiger charge is -2.46. The van der Waals surface area contributed by atoms with Crippen molar-refractivity contribution >= 4 is 0 Å². The van der Waals surface area contributed by atoms with E-state index in [1.54, 1.807) is 12.1 Å². The van der Waals surface area contributed by atoms with Crippen LogP contribution in [0.2, 0.25) is 0 Å². The highest BCUT2D eigenvalue weighted by Gasteiger charge is 2.33. The maximum Gasteiger partial charge on any atom is 0.115 e. The van der Waals surface area contributed by atoms with Crippen LogP contribution in [-0.2, 0) is 6.54 Å². The smallest absolute Gasteiger partial charge is 0.115 e. The van der Waals surface area contributed by atoms with Gasteiger partial charge in [-0.1, -0.05) is 26.0 Å². The summed E-state index contributed by atoms with van der Waals surface area (Å²) in [6.45, 7) is 12.2. The number of aromatic hydroxyl groups is 1. The van der Waals surface area contributed by atoms with Crippen molar-refractivity contribution in [3.05, 3.63) is 29.8 Å². The summed E-state index contributed by atoms with van der Waals surface area (Å²) >= 11 is 0. The van der Waals surface area contributed by atoms with Gasteiger partial charge in [-0.25, -0.2) is 0 Å². The monoisotopic (exact) mass is 276 g/mol. The molecule has 0 bridgehead atoms. The van der Waals surface area contributed by atoms with Gasteiger partial charge in [-0.15, -0.1) is 0 Å². The fourth-order valence-electron chi connectivity index (χ4n) is 2.91. The molecule has 3 nitrogen and oxygen atoms in total. The number of phenols is 1. The minimum Gasteiger partial charge on any atom is -0.508 e. The van der Waals surface area contributed by atoms with Crippen molar-refractivity contribution in [2.75, 3.05) is 13.1 Å². The van der Waals surface area contributed by atoms with E-state index in [0.717, 1.165) is 25.6 Å². The molecule has 1 aliphatic heterocycles. The molecule has 20 heavy (non-hydrogen) atoms. The van der Waals surface area contributed by atoms with Gasteiger partial charge in [0.15, 0.2) is 0 Å². The second-order valence-corrected chi connectivity index (χ2v) is 7.07. The third-order valence-corrected chi connectivity index (χ3v) is 4.19. The fraction of sp³-hybridized carbons (Fsp3) is 0.647. The Kier molecular flexibility index (Phi) is 4.71. The van der Waals surface area contributed by atoms with Crippen molar-refractivity contribution in [1.29, 1.82) is 0 Å². The molecule has 1 aromatic rings. The Labute approximate surface area is 123 Å². The minimum absolute atomic E-state index is 0.172. The first kappa shape index (κ1) is 15.3. The van der Waals surface area contributed by atoms with Crippen molar-refractivity contribution in [2.45, 2.75) is 52.2 Å². The van der Waals surface area contributed by atoms with Crippen LogP contribution in [0.1, 0.15) is 39.7 Å². The summed E-state index contributed by atoms with van der Waals surface area (Å²) in [6.07, 6.45) is 1.22. The summed E-state index contributed by atoms with van der Waals surface area (Å²) in [5.41, 5.74) is 1.44. The summed E-state index contributed by atoms with van der Waals surface area (Å²) in [5.74, 6) is 1.07. The van der Waals surface area contributed by atoms with Gasteiger partial charge < -0.3 is 10.4 Å². The van der Waals surface area contributed by atoms with E-state index in [1.807, 2.05) is 12.1 Å². The molecule has 0 aromatic heterocycles. The van der Waals surface area contributed by atoms with Gasteiger partial charge in [-0.05, 0) is 43.9 Å². The summed E-state index contributed by atoms with van der Waals surface area (Å²) in [6, 6.07) is 8.17. The molecule has 2 N–H and O–H groups in total. The zero-order valence-corrected chi connectivity index (χ0v) is 13.2. The van der Waals surface area contributed by atoms with Crippen molar-refractivity contribution < 1.29 is 5.11 Å². The number of hydrogen-bond donors (Lipinski definition) is 2. The van der Waals surface area contributed by atoms with Crippen LogP contribution in [0.5, 0.6) is 5.75 Å². The van der Waals surface area contributed by atoms with Gasteiger partial charge in [-0.3, -0.25) is 4.90 Å². The van der Waals surface area contributed by atoms with Crippen LogP contribution in [0.3, 0.4) is 0 Å². The van der Waals surface area contributed by atoms with Crippen molar-refractivity contribution in [3.63, 3.8) is 0 Å². The van der Waals surface area contributed by atoms with Crippen LogP contribution in [0, 0.1) is 5.92 Å². The molecule has 0 radical (unpaired) electrons. The SMILES string of the molecule is CC(C)CC1CN(Cc2ccc(O)cc2)C(C)(C)CN1. The van der Waals surface area contributed by atoms with Crippen LogP contribution < -0.4 is 5.32 Å². The minimum atomic E-state index is 0.172. The van der Waals surface area contributed by atoms with E-state index in [9.17, 15) is 5.11 Å². The molecule has 0 saturated carbocycles. The Morgan fingerprint density at radius 3 is 2.55 bits per heavy atom. The zero-order valence-electron chi connectivity index (χ0n) is 13.2. The van der Waals surface area contributed by atoms with E-state index >= 15 is 0 Å². The second kappa shape index (κ2) is 6.15. The normalized spacial score (nSPS) is 23.1. The first-order valence-corrected chi connectivity index (χ1v) is 7.63. The molecule has 1 heterocycles. The number of rotatable bonds is 4. The van der Waals surface area contributed by atoms with Crippen molar-refractivity contribution in [1.82, 2.24) is 10.2 Å². The summed E-state index contributed by atoms with van der Waals surface area (Å²) in [4.78, 5) is 2.56. The molecule has 1 fully saturated rings. The quantitative estimate of drug-likeness (QED) is 0.887. The van der Waals surface area contributed by atoms with Crippen LogP contribution in [0.4, 0.5) is 0 Å². The largest absolute Gasteiger partial charge is 0.508 e. The lowest BCUT2D eigenvalue weighted by atomic mass is 9.93. The van der Waals surface area contributed by atoms with Gasteiger partial charge in [0.2, 0.25) is 0 Å². The van der Waals surface area contributed by atoms with Gasteiger partial charge in [-0.2, -0.15) is 0 Å². The van der Waals surface area contributed by atoms with E-state index < -0.39 is 0 Å². The Morgan fingerprint density at radius 1 is 1.30 bits per heavy atom. The van der Waals surface area contributed by atoms with Crippen LogP contribution in [0.15, 0.2) is 24.3 Å². The Balaban J connectivity index is 2.04. The predicted molar refractivity (Wildman–Crippen MR) is 83.8 cm³/mol. The maximum atomic E-state index is 9.38. The van der Waals surface area contributed by atoms with Gasteiger partial charge in [0, 0.05) is 31.2 Å². The lowest BCUT2D eigenvalue weighted by molar-refractivity contribution is 0.0536. The number of hydrogen-bond acceptors (Lipinski definition) is 3. The van der Waals surface area contributed by atoms with Crippen LogP contribution >= 0.6 is 0 Å². The fourth-order valence-corrected chi connectivity index (χ4v) is 2.91. The van der Waals surface area contributed by atoms with Crippen molar-refractivity contribution in [2.24, 2.45) is 5.92 Å². The molecule has 0 amide bonds. The molecular weight excluding hydrogens is 248 g/mol. The maximum absolute atomic E-state index is 9.38. The van der Waals surface area contributed by atoms with Gasteiger partial charge >= 0.3 is 0 Å². The summed E-state index contributed by atoms with van der Waals surface area (Å²) in [5, 5.41) is 13.1.